The van der Waals surface area contributed by atoms with Crippen LogP contribution in [0.5, 0.6) is 5.75 Å². The molecule has 1 amide bonds. The van der Waals surface area contributed by atoms with Gasteiger partial charge in [-0.2, -0.15) is 0 Å². The van der Waals surface area contributed by atoms with Crippen LogP contribution in [0, 0.1) is 0 Å². The van der Waals surface area contributed by atoms with Crippen molar-refractivity contribution in [2.45, 2.75) is 32.7 Å². The van der Waals surface area contributed by atoms with Gasteiger partial charge in [-0.3, -0.25) is 9.69 Å². The number of anilines is 1. The SMILES string of the molecule is CCCN(CC(=O)Nc1ccccc1OCC)C1CCNC1. The Morgan fingerprint density at radius 1 is 1.41 bits per heavy atom. The maximum Gasteiger partial charge on any atom is 0.238 e. The highest BCUT2D eigenvalue weighted by molar-refractivity contribution is 5.93. The Balaban J connectivity index is 1.95. The number of nitrogens with one attached hydrogen (secondary N) is 2. The van der Waals surface area contributed by atoms with Crippen molar-refractivity contribution in [3.05, 3.63) is 24.3 Å². The maximum atomic E-state index is 12.4. The van der Waals surface area contributed by atoms with E-state index in [0.29, 0.717) is 19.2 Å². The number of hydrogen-bond donors (Lipinski definition) is 2. The third-order valence-corrected chi connectivity index (χ3v) is 3.87. The lowest BCUT2D eigenvalue weighted by atomic mass is 10.2. The van der Waals surface area contributed by atoms with Gasteiger partial charge in [0.15, 0.2) is 0 Å². The third kappa shape index (κ3) is 4.71. The lowest BCUT2D eigenvalue weighted by Gasteiger charge is -2.27. The van der Waals surface area contributed by atoms with Crippen LogP contribution in [-0.4, -0.2) is 49.6 Å². The molecule has 0 bridgehead atoms. The van der Waals surface area contributed by atoms with E-state index in [9.17, 15) is 4.79 Å². The van der Waals surface area contributed by atoms with Gasteiger partial charge in [0.25, 0.3) is 0 Å². The Kier molecular flexibility index (Phi) is 6.68. The van der Waals surface area contributed by atoms with Gasteiger partial charge in [-0.05, 0) is 45.0 Å². The molecule has 5 heteroatoms. The van der Waals surface area contributed by atoms with Crippen LogP contribution in [0.4, 0.5) is 5.69 Å². The van der Waals surface area contributed by atoms with E-state index in [2.05, 4.69) is 22.5 Å². The third-order valence-electron chi connectivity index (χ3n) is 3.87. The van der Waals surface area contributed by atoms with Crippen LogP contribution >= 0.6 is 0 Å². The van der Waals surface area contributed by atoms with E-state index >= 15 is 0 Å². The van der Waals surface area contributed by atoms with E-state index in [1.165, 1.54) is 0 Å². The van der Waals surface area contributed by atoms with Crippen LogP contribution in [0.25, 0.3) is 0 Å². The van der Waals surface area contributed by atoms with Crippen LogP contribution in [0.1, 0.15) is 26.7 Å². The lowest BCUT2D eigenvalue weighted by Crippen LogP contribution is -2.42. The molecule has 1 heterocycles. The number of hydrogen-bond acceptors (Lipinski definition) is 4. The molecule has 1 unspecified atom stereocenters. The van der Waals surface area contributed by atoms with Crippen LogP contribution < -0.4 is 15.4 Å². The van der Waals surface area contributed by atoms with Crippen molar-refractivity contribution in [1.82, 2.24) is 10.2 Å². The molecule has 0 aliphatic carbocycles. The van der Waals surface area contributed by atoms with Crippen LogP contribution in [0.2, 0.25) is 0 Å². The fourth-order valence-electron chi connectivity index (χ4n) is 2.85. The number of rotatable bonds is 8. The minimum atomic E-state index is 0.0208. The van der Waals surface area contributed by atoms with Gasteiger partial charge in [0.2, 0.25) is 5.91 Å². The number of nitrogens with zero attached hydrogens (tertiary/aromatic N) is 1. The molecule has 1 atom stereocenters. The summed E-state index contributed by atoms with van der Waals surface area (Å²) in [7, 11) is 0. The second-order valence-corrected chi connectivity index (χ2v) is 5.59. The molecule has 2 N–H and O–H groups in total. The Morgan fingerprint density at radius 3 is 2.91 bits per heavy atom. The van der Waals surface area contributed by atoms with Gasteiger partial charge in [-0.1, -0.05) is 19.1 Å². The molecular formula is C17H27N3O2. The van der Waals surface area contributed by atoms with E-state index in [-0.39, 0.29) is 5.91 Å². The first-order valence-electron chi connectivity index (χ1n) is 8.21. The highest BCUT2D eigenvalue weighted by atomic mass is 16.5. The van der Waals surface area contributed by atoms with Crippen molar-refractivity contribution >= 4 is 11.6 Å². The summed E-state index contributed by atoms with van der Waals surface area (Å²) in [6, 6.07) is 8.04. The van der Waals surface area contributed by atoms with Gasteiger partial charge in [-0.15, -0.1) is 0 Å². The van der Waals surface area contributed by atoms with Gasteiger partial charge < -0.3 is 15.4 Å². The van der Waals surface area contributed by atoms with Crippen molar-refractivity contribution in [1.29, 1.82) is 0 Å². The maximum absolute atomic E-state index is 12.4. The molecule has 0 saturated carbocycles. The molecule has 2 rings (SSSR count). The predicted molar refractivity (Wildman–Crippen MR) is 89.4 cm³/mol. The number of carbonyl (C=O) groups is 1. The molecule has 122 valence electrons. The van der Waals surface area contributed by atoms with E-state index in [1.54, 1.807) is 0 Å². The van der Waals surface area contributed by atoms with E-state index < -0.39 is 0 Å². The topological polar surface area (TPSA) is 53.6 Å². The minimum Gasteiger partial charge on any atom is -0.492 e. The number of ether oxygens (including phenoxy) is 1. The van der Waals surface area contributed by atoms with E-state index in [0.717, 1.165) is 43.9 Å². The van der Waals surface area contributed by atoms with Crippen LogP contribution in [0.3, 0.4) is 0 Å². The van der Waals surface area contributed by atoms with Crippen molar-refractivity contribution < 1.29 is 9.53 Å². The largest absolute Gasteiger partial charge is 0.492 e. The first-order valence-corrected chi connectivity index (χ1v) is 8.21. The Morgan fingerprint density at radius 2 is 2.23 bits per heavy atom. The second-order valence-electron chi connectivity index (χ2n) is 5.59. The van der Waals surface area contributed by atoms with E-state index in [4.69, 9.17) is 4.74 Å². The molecule has 0 aromatic heterocycles. The van der Waals surface area contributed by atoms with Gasteiger partial charge in [-0.25, -0.2) is 0 Å². The fourth-order valence-corrected chi connectivity index (χ4v) is 2.85. The zero-order valence-corrected chi connectivity index (χ0v) is 13.6. The summed E-state index contributed by atoms with van der Waals surface area (Å²) < 4.78 is 5.55. The monoisotopic (exact) mass is 305 g/mol. The molecule has 22 heavy (non-hydrogen) atoms. The van der Waals surface area contributed by atoms with Gasteiger partial charge in [0, 0.05) is 12.6 Å². The minimum absolute atomic E-state index is 0.0208. The number of para-hydroxylation sites is 2. The van der Waals surface area contributed by atoms with Gasteiger partial charge >= 0.3 is 0 Å². The Hall–Kier alpha value is -1.59. The van der Waals surface area contributed by atoms with Crippen molar-refractivity contribution in [3.63, 3.8) is 0 Å². The standard InChI is InChI=1S/C17H27N3O2/c1-3-11-20(14-9-10-18-12-14)13-17(21)19-15-7-5-6-8-16(15)22-4-2/h5-8,14,18H,3-4,9-13H2,1-2H3,(H,19,21). The number of amides is 1. The molecule has 1 aromatic rings. The summed E-state index contributed by atoms with van der Waals surface area (Å²) in [5.74, 6) is 0.746. The summed E-state index contributed by atoms with van der Waals surface area (Å²) in [5, 5.41) is 6.35. The molecule has 1 aliphatic rings. The lowest BCUT2D eigenvalue weighted by molar-refractivity contribution is -0.117. The Bertz CT molecular complexity index is 473. The van der Waals surface area contributed by atoms with Crippen molar-refractivity contribution in [3.8, 4) is 5.75 Å². The average Bonchev–Trinajstić information content (AvgIpc) is 3.03. The summed E-state index contributed by atoms with van der Waals surface area (Å²) in [4.78, 5) is 14.7. The molecule has 0 radical (unpaired) electrons. The summed E-state index contributed by atoms with van der Waals surface area (Å²) >= 11 is 0. The number of carbonyl (C=O) groups excluding carboxylic acids is 1. The predicted octanol–water partition coefficient (Wildman–Crippen LogP) is 2.10. The van der Waals surface area contributed by atoms with E-state index in [1.807, 2.05) is 31.2 Å². The normalized spacial score (nSPS) is 17.7. The summed E-state index contributed by atoms with van der Waals surface area (Å²) in [6.45, 7) is 8.07. The van der Waals surface area contributed by atoms with Gasteiger partial charge in [0.05, 0.1) is 18.8 Å². The first kappa shape index (κ1) is 16.8. The summed E-state index contributed by atoms with van der Waals surface area (Å²) in [6.07, 6.45) is 2.17. The zero-order valence-electron chi connectivity index (χ0n) is 13.6. The molecule has 0 spiro atoms. The molecular weight excluding hydrogens is 278 g/mol. The summed E-state index contributed by atoms with van der Waals surface area (Å²) in [5.41, 5.74) is 0.746. The smallest absolute Gasteiger partial charge is 0.238 e. The molecule has 1 aromatic carbocycles. The molecule has 1 saturated heterocycles. The molecule has 1 aliphatic heterocycles. The van der Waals surface area contributed by atoms with Gasteiger partial charge in [0.1, 0.15) is 5.75 Å². The van der Waals surface area contributed by atoms with Crippen molar-refractivity contribution in [2.75, 3.05) is 38.1 Å². The quantitative estimate of drug-likeness (QED) is 0.772. The first-order chi connectivity index (χ1) is 10.7. The average molecular weight is 305 g/mol. The van der Waals surface area contributed by atoms with Crippen molar-refractivity contribution in [2.24, 2.45) is 0 Å². The highest BCUT2D eigenvalue weighted by Gasteiger charge is 2.23. The Labute approximate surface area is 133 Å². The fraction of sp³-hybridized carbons (Fsp3) is 0.588. The molecule has 5 nitrogen and oxygen atoms in total. The second kappa shape index (κ2) is 8.76. The van der Waals surface area contributed by atoms with Crippen LogP contribution in [0.15, 0.2) is 24.3 Å². The molecule has 1 fully saturated rings. The van der Waals surface area contributed by atoms with Crippen LogP contribution in [-0.2, 0) is 4.79 Å². The highest BCUT2D eigenvalue weighted by Crippen LogP contribution is 2.23. The zero-order chi connectivity index (χ0) is 15.8. The number of benzene rings is 1.